The van der Waals surface area contributed by atoms with Crippen molar-refractivity contribution in [1.82, 2.24) is 35.2 Å². The fourth-order valence-corrected chi connectivity index (χ4v) is 4.80. The van der Waals surface area contributed by atoms with Crippen molar-refractivity contribution in [2.45, 2.75) is 44.2 Å². The van der Waals surface area contributed by atoms with Crippen LogP contribution in [-0.4, -0.2) is 47.2 Å². The molecule has 0 unspecified atom stereocenters. The van der Waals surface area contributed by atoms with Crippen LogP contribution in [0.25, 0.3) is 33.3 Å². The molecular formula is C25H28ClN9. The molecule has 10 heteroatoms. The van der Waals surface area contributed by atoms with Gasteiger partial charge < -0.3 is 16.0 Å². The maximum absolute atomic E-state index is 6.14. The molecule has 5 aromatic rings. The highest BCUT2D eigenvalue weighted by atomic mass is 35.5. The lowest BCUT2D eigenvalue weighted by Gasteiger charge is -2.27. The number of nitrogens with two attached hydrogens (primary N) is 1. The summed E-state index contributed by atoms with van der Waals surface area (Å²) in [5.41, 5.74) is 10.0. The Morgan fingerprint density at radius 1 is 1.06 bits per heavy atom. The van der Waals surface area contributed by atoms with E-state index >= 15 is 0 Å². The van der Waals surface area contributed by atoms with E-state index in [1.54, 1.807) is 7.05 Å². The van der Waals surface area contributed by atoms with Gasteiger partial charge in [-0.3, -0.25) is 0 Å². The summed E-state index contributed by atoms with van der Waals surface area (Å²) >= 11 is 0. The van der Waals surface area contributed by atoms with E-state index in [1.807, 2.05) is 30.3 Å². The fraction of sp³-hybridized carbons (Fsp3) is 0.320. The molecule has 1 fully saturated rings. The molecule has 1 saturated carbocycles. The van der Waals surface area contributed by atoms with Crippen LogP contribution in [0.1, 0.15) is 37.1 Å². The lowest BCUT2D eigenvalue weighted by molar-refractivity contribution is 0.410. The molecule has 3 heterocycles. The van der Waals surface area contributed by atoms with Gasteiger partial charge in [-0.1, -0.05) is 42.5 Å². The van der Waals surface area contributed by atoms with Crippen molar-refractivity contribution >= 4 is 40.2 Å². The smallest absolute Gasteiger partial charge is 0.204 e. The Labute approximate surface area is 208 Å². The molecule has 0 aliphatic heterocycles. The zero-order chi connectivity index (χ0) is 23.1. The second-order valence-corrected chi connectivity index (χ2v) is 9.12. The lowest BCUT2D eigenvalue weighted by Crippen LogP contribution is -2.33. The van der Waals surface area contributed by atoms with Gasteiger partial charge in [-0.05, 0) is 42.5 Å². The molecule has 0 bridgehead atoms. The minimum atomic E-state index is 0. The maximum Gasteiger partial charge on any atom is 0.204 e. The standard InChI is InChI=1S/C25H27N9.ClH/c1-34-32-23(31-33-34)16-7-12-19-20(14-16)28-25-22(19)24(27-18-10-8-17(26)9-11-18)29-21(30-25)13-15-5-3-2-4-6-15;/h2-7,12,14,17-18H,8-11,13,26H2,1H3,(H2,27,28,29,30);1H/t17-,18-;. The van der Waals surface area contributed by atoms with Gasteiger partial charge in [0.25, 0.3) is 0 Å². The molecule has 2 aromatic carbocycles. The molecule has 9 nitrogen and oxygen atoms in total. The number of rotatable bonds is 5. The number of aromatic amines is 1. The third-order valence-electron chi connectivity index (χ3n) is 6.58. The second-order valence-electron chi connectivity index (χ2n) is 9.12. The normalized spacial score (nSPS) is 18.0. The maximum atomic E-state index is 6.14. The summed E-state index contributed by atoms with van der Waals surface area (Å²) in [7, 11) is 1.76. The van der Waals surface area contributed by atoms with Gasteiger partial charge in [0.1, 0.15) is 17.3 Å². The molecule has 35 heavy (non-hydrogen) atoms. The number of aryl methyl sites for hydroxylation is 1. The second kappa shape index (κ2) is 9.59. The predicted molar refractivity (Wildman–Crippen MR) is 140 cm³/mol. The average molecular weight is 490 g/mol. The first-order valence-electron chi connectivity index (χ1n) is 11.7. The Kier molecular flexibility index (Phi) is 6.36. The Morgan fingerprint density at radius 3 is 2.60 bits per heavy atom. The molecule has 4 N–H and O–H groups in total. The summed E-state index contributed by atoms with van der Waals surface area (Å²) in [6.07, 6.45) is 4.83. The van der Waals surface area contributed by atoms with E-state index in [9.17, 15) is 0 Å². The van der Waals surface area contributed by atoms with E-state index < -0.39 is 0 Å². The largest absolute Gasteiger partial charge is 0.367 e. The fourth-order valence-electron chi connectivity index (χ4n) is 4.80. The van der Waals surface area contributed by atoms with E-state index in [4.69, 9.17) is 15.7 Å². The van der Waals surface area contributed by atoms with Crippen molar-refractivity contribution < 1.29 is 0 Å². The van der Waals surface area contributed by atoms with Gasteiger partial charge in [0.2, 0.25) is 5.82 Å². The van der Waals surface area contributed by atoms with E-state index in [-0.39, 0.29) is 12.4 Å². The molecule has 3 aromatic heterocycles. The molecule has 0 atom stereocenters. The summed E-state index contributed by atoms with van der Waals surface area (Å²) in [6.45, 7) is 0. The van der Waals surface area contributed by atoms with Crippen molar-refractivity contribution in [3.05, 3.63) is 59.9 Å². The summed E-state index contributed by atoms with van der Waals surface area (Å²) in [6, 6.07) is 17.1. The van der Waals surface area contributed by atoms with Crippen LogP contribution in [0, 0.1) is 0 Å². The van der Waals surface area contributed by atoms with Crippen LogP contribution in [0.4, 0.5) is 5.82 Å². The topological polar surface area (TPSA) is 123 Å². The zero-order valence-electron chi connectivity index (χ0n) is 19.5. The first-order chi connectivity index (χ1) is 16.6. The Hall–Kier alpha value is -3.56. The van der Waals surface area contributed by atoms with Gasteiger partial charge in [-0.15, -0.1) is 22.6 Å². The number of fused-ring (bicyclic) bond motifs is 3. The number of aromatic nitrogens is 7. The van der Waals surface area contributed by atoms with Gasteiger partial charge in [0.15, 0.2) is 0 Å². The van der Waals surface area contributed by atoms with Gasteiger partial charge >= 0.3 is 0 Å². The van der Waals surface area contributed by atoms with E-state index in [2.05, 4.69) is 43.9 Å². The van der Waals surface area contributed by atoms with Gasteiger partial charge in [0, 0.05) is 35.0 Å². The van der Waals surface area contributed by atoms with Crippen molar-refractivity contribution in [3.63, 3.8) is 0 Å². The minimum Gasteiger partial charge on any atom is -0.367 e. The van der Waals surface area contributed by atoms with Crippen LogP contribution in [0.15, 0.2) is 48.5 Å². The Balaban J connectivity index is 0.00000253. The SMILES string of the molecule is Cl.Cn1nnc(-c2ccc3c(c2)[nH]c2nc(Cc4ccccc4)nc(N[C@H]4CC[C@H](N)CC4)c23)n1. The molecule has 0 radical (unpaired) electrons. The number of hydrogen-bond acceptors (Lipinski definition) is 7. The van der Waals surface area contributed by atoms with Crippen molar-refractivity contribution in [2.24, 2.45) is 12.8 Å². The average Bonchev–Trinajstić information content (AvgIpc) is 3.44. The highest BCUT2D eigenvalue weighted by Gasteiger charge is 2.22. The first-order valence-corrected chi connectivity index (χ1v) is 11.7. The van der Waals surface area contributed by atoms with Crippen LogP contribution in [-0.2, 0) is 13.5 Å². The van der Waals surface area contributed by atoms with E-state index in [1.165, 1.54) is 10.4 Å². The first kappa shape index (κ1) is 23.2. The molecule has 180 valence electrons. The minimum absolute atomic E-state index is 0. The van der Waals surface area contributed by atoms with Crippen LogP contribution < -0.4 is 11.1 Å². The third kappa shape index (κ3) is 4.69. The summed E-state index contributed by atoms with van der Waals surface area (Å²) < 4.78 is 0. The highest BCUT2D eigenvalue weighted by Crippen LogP contribution is 2.33. The third-order valence-corrected chi connectivity index (χ3v) is 6.58. The Morgan fingerprint density at radius 2 is 1.86 bits per heavy atom. The number of nitrogens with zero attached hydrogens (tertiary/aromatic N) is 6. The number of tetrazole rings is 1. The number of hydrogen-bond donors (Lipinski definition) is 3. The number of nitrogens with one attached hydrogen (secondary N) is 2. The van der Waals surface area contributed by atoms with Gasteiger partial charge in [-0.2, -0.15) is 4.80 Å². The van der Waals surface area contributed by atoms with E-state index in [0.29, 0.717) is 24.3 Å². The quantitative estimate of drug-likeness (QED) is 0.341. The summed E-state index contributed by atoms with van der Waals surface area (Å²) in [5, 5.41) is 18.3. The molecule has 1 aliphatic carbocycles. The number of H-pyrrole nitrogens is 1. The van der Waals surface area contributed by atoms with E-state index in [0.717, 1.165) is 64.8 Å². The molecule has 0 spiro atoms. The van der Waals surface area contributed by atoms with Crippen molar-refractivity contribution in [1.29, 1.82) is 0 Å². The molecule has 6 rings (SSSR count). The highest BCUT2D eigenvalue weighted by molar-refractivity contribution is 6.11. The van der Waals surface area contributed by atoms with Crippen molar-refractivity contribution in [2.75, 3.05) is 5.32 Å². The van der Waals surface area contributed by atoms with Gasteiger partial charge in [0.05, 0.1) is 12.4 Å². The molecule has 1 aliphatic rings. The lowest BCUT2D eigenvalue weighted by atomic mass is 9.92. The predicted octanol–water partition coefficient (Wildman–Crippen LogP) is 4.00. The summed E-state index contributed by atoms with van der Waals surface area (Å²) in [4.78, 5) is 14.9. The monoisotopic (exact) mass is 489 g/mol. The van der Waals surface area contributed by atoms with Crippen molar-refractivity contribution in [3.8, 4) is 11.4 Å². The molecule has 0 amide bonds. The Bertz CT molecular complexity index is 1450. The number of anilines is 1. The number of benzene rings is 2. The zero-order valence-corrected chi connectivity index (χ0v) is 20.3. The van der Waals surface area contributed by atoms with Crippen LogP contribution >= 0.6 is 12.4 Å². The molecule has 0 saturated heterocycles. The number of halogens is 1. The van der Waals surface area contributed by atoms with Crippen LogP contribution in [0.2, 0.25) is 0 Å². The van der Waals surface area contributed by atoms with Crippen LogP contribution in [0.5, 0.6) is 0 Å². The molecular weight excluding hydrogens is 462 g/mol. The summed E-state index contributed by atoms with van der Waals surface area (Å²) in [5.74, 6) is 2.26. The van der Waals surface area contributed by atoms with Crippen LogP contribution in [0.3, 0.4) is 0 Å². The van der Waals surface area contributed by atoms with Gasteiger partial charge in [-0.25, -0.2) is 9.97 Å².